The number of nitrogens with one attached hydrogen (secondary N) is 2. The molecule has 0 aliphatic heterocycles. The molecule has 0 radical (unpaired) electrons. The van der Waals surface area contributed by atoms with Crippen LogP contribution < -0.4 is 20.1 Å². The van der Waals surface area contributed by atoms with Crippen LogP contribution >= 0.6 is 11.6 Å². The maximum Gasteiger partial charge on any atom is 0.243 e. The molecular weight excluding hydrogens is 328 g/mol. The summed E-state index contributed by atoms with van der Waals surface area (Å²) in [5.41, 5.74) is 1.43. The standard InChI is InChI=1S/C18H19ClN2O3/c1-3-10-24-15-7-4-13(5-8-15)21-18(22)12-20-14-6-9-17(23-2)16(19)11-14/h3-9,11,20H,1,10,12H2,2H3,(H,21,22). The van der Waals surface area contributed by atoms with Crippen LogP contribution in [-0.2, 0) is 4.79 Å². The average Bonchev–Trinajstić information content (AvgIpc) is 2.59. The van der Waals surface area contributed by atoms with Crippen molar-refractivity contribution >= 4 is 28.9 Å². The van der Waals surface area contributed by atoms with Crippen LogP contribution in [0, 0.1) is 0 Å². The number of hydrogen-bond donors (Lipinski definition) is 2. The van der Waals surface area contributed by atoms with Gasteiger partial charge in [-0.05, 0) is 42.5 Å². The van der Waals surface area contributed by atoms with Gasteiger partial charge in [0.2, 0.25) is 5.91 Å². The number of ether oxygens (including phenoxy) is 2. The Morgan fingerprint density at radius 2 is 1.92 bits per heavy atom. The highest BCUT2D eigenvalue weighted by molar-refractivity contribution is 6.32. The number of rotatable bonds is 8. The number of hydrogen-bond acceptors (Lipinski definition) is 4. The summed E-state index contributed by atoms with van der Waals surface area (Å²) < 4.78 is 10.5. The molecule has 6 heteroatoms. The van der Waals surface area contributed by atoms with Gasteiger partial charge in [-0.25, -0.2) is 0 Å². The molecule has 0 heterocycles. The number of anilines is 2. The fraction of sp³-hybridized carbons (Fsp3) is 0.167. The normalized spacial score (nSPS) is 9.92. The molecule has 0 aromatic heterocycles. The molecule has 0 aliphatic carbocycles. The molecule has 0 saturated carbocycles. The van der Waals surface area contributed by atoms with Crippen LogP contribution in [-0.4, -0.2) is 26.2 Å². The third-order valence-corrected chi connectivity index (χ3v) is 3.41. The van der Waals surface area contributed by atoms with Crippen molar-refractivity contribution in [1.29, 1.82) is 0 Å². The SMILES string of the molecule is C=CCOc1ccc(NC(=O)CNc2ccc(OC)c(Cl)c2)cc1. The number of benzene rings is 2. The van der Waals surface area contributed by atoms with Crippen LogP contribution in [0.2, 0.25) is 5.02 Å². The van der Waals surface area contributed by atoms with Gasteiger partial charge >= 0.3 is 0 Å². The average molecular weight is 347 g/mol. The van der Waals surface area contributed by atoms with E-state index in [0.29, 0.717) is 23.1 Å². The summed E-state index contributed by atoms with van der Waals surface area (Å²) in [6.45, 7) is 4.16. The van der Waals surface area contributed by atoms with E-state index >= 15 is 0 Å². The van der Waals surface area contributed by atoms with Gasteiger partial charge in [0.25, 0.3) is 0 Å². The number of methoxy groups -OCH3 is 1. The Morgan fingerprint density at radius 3 is 2.54 bits per heavy atom. The van der Waals surface area contributed by atoms with E-state index in [4.69, 9.17) is 21.1 Å². The van der Waals surface area contributed by atoms with Gasteiger partial charge in [0.1, 0.15) is 18.1 Å². The highest BCUT2D eigenvalue weighted by Crippen LogP contribution is 2.27. The second-order valence-electron chi connectivity index (χ2n) is 4.88. The zero-order valence-electron chi connectivity index (χ0n) is 13.3. The van der Waals surface area contributed by atoms with Gasteiger partial charge in [-0.2, -0.15) is 0 Å². The molecule has 0 aliphatic rings. The van der Waals surface area contributed by atoms with Gasteiger partial charge in [-0.15, -0.1) is 0 Å². The summed E-state index contributed by atoms with van der Waals surface area (Å²) in [4.78, 5) is 12.0. The smallest absolute Gasteiger partial charge is 0.243 e. The Kier molecular flexibility index (Phi) is 6.51. The van der Waals surface area contributed by atoms with E-state index in [1.54, 1.807) is 55.7 Å². The van der Waals surface area contributed by atoms with E-state index in [0.717, 1.165) is 11.4 Å². The van der Waals surface area contributed by atoms with E-state index in [2.05, 4.69) is 17.2 Å². The zero-order valence-corrected chi connectivity index (χ0v) is 14.1. The molecule has 0 fully saturated rings. The monoisotopic (exact) mass is 346 g/mol. The van der Waals surface area contributed by atoms with E-state index < -0.39 is 0 Å². The third kappa shape index (κ3) is 5.21. The Morgan fingerprint density at radius 1 is 1.21 bits per heavy atom. The first-order valence-electron chi connectivity index (χ1n) is 7.33. The highest BCUT2D eigenvalue weighted by atomic mass is 35.5. The van der Waals surface area contributed by atoms with Crippen LogP contribution in [0.15, 0.2) is 55.1 Å². The van der Waals surface area contributed by atoms with Gasteiger partial charge in [0, 0.05) is 11.4 Å². The summed E-state index contributed by atoms with van der Waals surface area (Å²) in [6, 6.07) is 12.4. The van der Waals surface area contributed by atoms with Gasteiger partial charge in [-0.3, -0.25) is 4.79 Å². The fourth-order valence-electron chi connectivity index (χ4n) is 1.95. The minimum absolute atomic E-state index is 0.122. The van der Waals surface area contributed by atoms with Gasteiger partial charge < -0.3 is 20.1 Å². The van der Waals surface area contributed by atoms with Crippen LogP contribution in [0.1, 0.15) is 0 Å². The van der Waals surface area contributed by atoms with Crippen molar-refractivity contribution in [3.8, 4) is 11.5 Å². The molecule has 0 unspecified atom stereocenters. The second kappa shape index (κ2) is 8.84. The number of amides is 1. The molecule has 0 atom stereocenters. The summed E-state index contributed by atoms with van der Waals surface area (Å²) in [6.07, 6.45) is 1.67. The van der Waals surface area contributed by atoms with Gasteiger partial charge in [-0.1, -0.05) is 24.3 Å². The lowest BCUT2D eigenvalue weighted by Gasteiger charge is -2.10. The van der Waals surface area contributed by atoms with Gasteiger partial charge in [0.05, 0.1) is 18.7 Å². The predicted molar refractivity (Wildman–Crippen MR) is 97.3 cm³/mol. The van der Waals surface area contributed by atoms with Crippen LogP contribution in [0.3, 0.4) is 0 Å². The van der Waals surface area contributed by atoms with E-state index in [9.17, 15) is 4.79 Å². The molecule has 2 rings (SSSR count). The molecule has 0 saturated heterocycles. The zero-order chi connectivity index (χ0) is 17.4. The Balaban J connectivity index is 1.84. The number of halogens is 1. The number of carbonyl (C=O) groups is 1. The fourth-order valence-corrected chi connectivity index (χ4v) is 2.21. The van der Waals surface area contributed by atoms with Crippen molar-refractivity contribution in [2.24, 2.45) is 0 Å². The van der Waals surface area contributed by atoms with Crippen molar-refractivity contribution in [3.05, 3.63) is 60.1 Å². The maximum absolute atomic E-state index is 12.0. The molecule has 0 spiro atoms. The van der Waals surface area contributed by atoms with Crippen LogP contribution in [0.25, 0.3) is 0 Å². The maximum atomic E-state index is 12.0. The van der Waals surface area contributed by atoms with Crippen molar-refractivity contribution < 1.29 is 14.3 Å². The first-order valence-corrected chi connectivity index (χ1v) is 7.71. The van der Waals surface area contributed by atoms with Crippen molar-refractivity contribution in [1.82, 2.24) is 0 Å². The Hall–Kier alpha value is -2.66. The summed E-state index contributed by atoms with van der Waals surface area (Å²) in [5, 5.41) is 6.29. The molecule has 24 heavy (non-hydrogen) atoms. The van der Waals surface area contributed by atoms with Crippen LogP contribution in [0.5, 0.6) is 11.5 Å². The lowest BCUT2D eigenvalue weighted by atomic mass is 10.3. The van der Waals surface area contributed by atoms with E-state index in [1.807, 2.05) is 0 Å². The lowest BCUT2D eigenvalue weighted by molar-refractivity contribution is -0.114. The predicted octanol–water partition coefficient (Wildman–Crippen LogP) is 3.96. The molecule has 2 aromatic carbocycles. The summed E-state index contributed by atoms with van der Waals surface area (Å²) in [5.74, 6) is 1.14. The van der Waals surface area contributed by atoms with Crippen molar-refractivity contribution in [3.63, 3.8) is 0 Å². The minimum Gasteiger partial charge on any atom is -0.495 e. The van der Waals surface area contributed by atoms with Crippen molar-refractivity contribution in [2.45, 2.75) is 0 Å². The molecule has 2 N–H and O–H groups in total. The Labute approximate surface area is 146 Å². The molecule has 1 amide bonds. The molecule has 5 nitrogen and oxygen atoms in total. The highest BCUT2D eigenvalue weighted by Gasteiger charge is 2.05. The van der Waals surface area contributed by atoms with Crippen molar-refractivity contribution in [2.75, 3.05) is 30.9 Å². The van der Waals surface area contributed by atoms with E-state index in [-0.39, 0.29) is 12.5 Å². The first-order chi connectivity index (χ1) is 11.6. The summed E-state index contributed by atoms with van der Waals surface area (Å²) in [7, 11) is 1.55. The quantitative estimate of drug-likeness (QED) is 0.710. The van der Waals surface area contributed by atoms with Crippen LogP contribution in [0.4, 0.5) is 11.4 Å². The largest absolute Gasteiger partial charge is 0.495 e. The topological polar surface area (TPSA) is 59.6 Å². The third-order valence-electron chi connectivity index (χ3n) is 3.11. The summed E-state index contributed by atoms with van der Waals surface area (Å²) >= 11 is 6.04. The molecule has 2 aromatic rings. The van der Waals surface area contributed by atoms with Gasteiger partial charge in [0.15, 0.2) is 0 Å². The number of carbonyl (C=O) groups excluding carboxylic acids is 1. The molecule has 126 valence electrons. The minimum atomic E-state index is -0.165. The Bertz CT molecular complexity index is 702. The first kappa shape index (κ1) is 17.7. The van der Waals surface area contributed by atoms with E-state index in [1.165, 1.54) is 0 Å². The molecular formula is C18H19ClN2O3. The second-order valence-corrected chi connectivity index (χ2v) is 5.28. The molecule has 0 bridgehead atoms. The lowest BCUT2D eigenvalue weighted by Crippen LogP contribution is -2.21.